The van der Waals surface area contributed by atoms with Gasteiger partial charge in [0.05, 0.1) is 22.9 Å². The van der Waals surface area contributed by atoms with E-state index < -0.39 is 0 Å². The maximum absolute atomic E-state index is 5.76. The van der Waals surface area contributed by atoms with E-state index in [4.69, 9.17) is 5.73 Å². The first-order valence-electron chi connectivity index (χ1n) is 5.30. The molecule has 3 N–H and O–H groups in total. The summed E-state index contributed by atoms with van der Waals surface area (Å²) in [6, 6.07) is 1.90. The smallest absolute Gasteiger partial charge is 0.140 e. The molecule has 0 unspecified atom stereocenters. The van der Waals surface area contributed by atoms with Crippen LogP contribution in [0.15, 0.2) is 29.1 Å². The van der Waals surface area contributed by atoms with Gasteiger partial charge in [-0.3, -0.25) is 4.68 Å². The van der Waals surface area contributed by atoms with Gasteiger partial charge in [-0.25, -0.2) is 4.98 Å². The van der Waals surface area contributed by atoms with Crippen LogP contribution < -0.4 is 11.1 Å². The van der Waals surface area contributed by atoms with Gasteiger partial charge in [-0.1, -0.05) is 0 Å². The summed E-state index contributed by atoms with van der Waals surface area (Å²) >= 11 is 3.48. The van der Waals surface area contributed by atoms with Crippen molar-refractivity contribution in [3.05, 3.63) is 34.7 Å². The van der Waals surface area contributed by atoms with Crippen molar-refractivity contribution in [1.82, 2.24) is 14.8 Å². The maximum atomic E-state index is 5.76. The van der Waals surface area contributed by atoms with E-state index in [1.54, 1.807) is 12.4 Å². The molecular weight excluding hydrogens is 282 g/mol. The Morgan fingerprint density at radius 3 is 3.06 bits per heavy atom. The van der Waals surface area contributed by atoms with Crippen LogP contribution in [-0.2, 0) is 6.54 Å². The molecule has 0 aromatic carbocycles. The van der Waals surface area contributed by atoms with Crippen molar-refractivity contribution in [2.45, 2.75) is 13.5 Å². The molecule has 0 saturated carbocycles. The maximum Gasteiger partial charge on any atom is 0.140 e. The van der Waals surface area contributed by atoms with Gasteiger partial charge in [-0.15, -0.1) is 0 Å². The Hall–Kier alpha value is -1.56. The number of nitrogens with one attached hydrogen (secondary N) is 1. The van der Waals surface area contributed by atoms with Gasteiger partial charge >= 0.3 is 0 Å². The van der Waals surface area contributed by atoms with Crippen LogP contribution in [0.4, 0.5) is 11.5 Å². The topological polar surface area (TPSA) is 68.8 Å². The van der Waals surface area contributed by atoms with E-state index in [0.717, 1.165) is 28.9 Å². The van der Waals surface area contributed by atoms with Crippen molar-refractivity contribution in [2.24, 2.45) is 0 Å². The molecule has 2 heterocycles. The molecule has 0 aliphatic rings. The molecule has 17 heavy (non-hydrogen) atoms. The van der Waals surface area contributed by atoms with Crippen LogP contribution in [-0.4, -0.2) is 21.3 Å². The summed E-state index contributed by atoms with van der Waals surface area (Å²) in [6.07, 6.45) is 5.36. The van der Waals surface area contributed by atoms with Gasteiger partial charge in [0.2, 0.25) is 0 Å². The Bertz CT molecular complexity index is 495. The van der Waals surface area contributed by atoms with Gasteiger partial charge in [0.1, 0.15) is 5.82 Å². The average Bonchev–Trinajstić information content (AvgIpc) is 2.82. The van der Waals surface area contributed by atoms with E-state index >= 15 is 0 Å². The number of rotatable bonds is 4. The molecule has 0 radical (unpaired) electrons. The average molecular weight is 296 g/mol. The number of hydrogen-bond donors (Lipinski definition) is 2. The van der Waals surface area contributed by atoms with Crippen LogP contribution in [0.1, 0.15) is 5.56 Å². The minimum Gasteiger partial charge on any atom is -0.397 e. The summed E-state index contributed by atoms with van der Waals surface area (Å²) < 4.78 is 2.78. The summed E-state index contributed by atoms with van der Waals surface area (Å²) in [5.74, 6) is 0.809. The summed E-state index contributed by atoms with van der Waals surface area (Å²) in [5, 5.41) is 7.37. The molecule has 0 amide bonds. The van der Waals surface area contributed by atoms with Crippen LogP contribution in [0, 0.1) is 6.92 Å². The number of nitrogen functional groups attached to an aromatic ring is 1. The fourth-order valence-electron chi connectivity index (χ4n) is 1.44. The number of halogens is 1. The third kappa shape index (κ3) is 2.76. The van der Waals surface area contributed by atoms with Crippen molar-refractivity contribution in [3.8, 4) is 0 Å². The van der Waals surface area contributed by atoms with Gasteiger partial charge < -0.3 is 11.1 Å². The third-order valence-corrected chi connectivity index (χ3v) is 3.47. The SMILES string of the molecule is Cc1c(N)cnc(NCCn2cccn2)c1Br. The van der Waals surface area contributed by atoms with E-state index in [-0.39, 0.29) is 0 Å². The van der Waals surface area contributed by atoms with Gasteiger partial charge in [-0.05, 0) is 34.5 Å². The van der Waals surface area contributed by atoms with E-state index in [1.807, 2.05) is 23.9 Å². The van der Waals surface area contributed by atoms with E-state index in [2.05, 4.69) is 31.3 Å². The molecule has 2 aromatic rings. The summed E-state index contributed by atoms with van der Waals surface area (Å²) in [6.45, 7) is 3.51. The zero-order valence-electron chi connectivity index (χ0n) is 9.52. The van der Waals surface area contributed by atoms with Gasteiger partial charge in [0, 0.05) is 18.9 Å². The van der Waals surface area contributed by atoms with Crippen LogP contribution in [0.3, 0.4) is 0 Å². The van der Waals surface area contributed by atoms with Crippen molar-refractivity contribution < 1.29 is 0 Å². The predicted octanol–water partition coefficient (Wildman–Crippen LogP) is 2.04. The molecule has 5 nitrogen and oxygen atoms in total. The first-order valence-corrected chi connectivity index (χ1v) is 6.09. The quantitative estimate of drug-likeness (QED) is 0.906. The first-order chi connectivity index (χ1) is 8.18. The fraction of sp³-hybridized carbons (Fsp3) is 0.273. The Morgan fingerprint density at radius 1 is 1.53 bits per heavy atom. The number of anilines is 2. The van der Waals surface area contributed by atoms with E-state index in [0.29, 0.717) is 5.69 Å². The highest BCUT2D eigenvalue weighted by Gasteiger charge is 2.06. The van der Waals surface area contributed by atoms with E-state index in [9.17, 15) is 0 Å². The van der Waals surface area contributed by atoms with E-state index in [1.165, 1.54) is 0 Å². The van der Waals surface area contributed by atoms with Crippen LogP contribution >= 0.6 is 15.9 Å². The Labute approximate surface area is 108 Å². The van der Waals surface area contributed by atoms with Gasteiger partial charge in [0.15, 0.2) is 0 Å². The zero-order chi connectivity index (χ0) is 12.3. The molecule has 0 bridgehead atoms. The van der Waals surface area contributed by atoms with Crippen molar-refractivity contribution in [2.75, 3.05) is 17.6 Å². The molecule has 6 heteroatoms. The lowest BCUT2D eigenvalue weighted by molar-refractivity contribution is 0.637. The van der Waals surface area contributed by atoms with Crippen LogP contribution in [0.5, 0.6) is 0 Å². The summed E-state index contributed by atoms with van der Waals surface area (Å²) in [4.78, 5) is 4.24. The number of nitrogens with zero attached hydrogens (tertiary/aromatic N) is 3. The highest BCUT2D eigenvalue weighted by atomic mass is 79.9. The number of nitrogens with two attached hydrogens (primary N) is 1. The van der Waals surface area contributed by atoms with Crippen LogP contribution in [0.2, 0.25) is 0 Å². The third-order valence-electron chi connectivity index (χ3n) is 2.50. The minimum absolute atomic E-state index is 0.689. The molecule has 0 atom stereocenters. The Balaban J connectivity index is 1.97. The molecule has 90 valence electrons. The van der Waals surface area contributed by atoms with Crippen LogP contribution in [0.25, 0.3) is 0 Å². The molecule has 0 fully saturated rings. The number of hydrogen-bond acceptors (Lipinski definition) is 4. The monoisotopic (exact) mass is 295 g/mol. The normalized spacial score (nSPS) is 10.5. The largest absolute Gasteiger partial charge is 0.397 e. The Morgan fingerprint density at radius 2 is 2.35 bits per heavy atom. The fourth-order valence-corrected chi connectivity index (χ4v) is 1.91. The molecule has 0 aliphatic carbocycles. The second-order valence-corrected chi connectivity index (χ2v) is 4.49. The zero-order valence-corrected chi connectivity index (χ0v) is 11.1. The summed E-state index contributed by atoms with van der Waals surface area (Å²) in [5.41, 5.74) is 7.45. The summed E-state index contributed by atoms with van der Waals surface area (Å²) in [7, 11) is 0. The lowest BCUT2D eigenvalue weighted by Crippen LogP contribution is -2.12. The second-order valence-electron chi connectivity index (χ2n) is 3.70. The highest BCUT2D eigenvalue weighted by molar-refractivity contribution is 9.10. The minimum atomic E-state index is 0.689. The van der Waals surface area contributed by atoms with Crippen molar-refractivity contribution in [3.63, 3.8) is 0 Å². The lowest BCUT2D eigenvalue weighted by Gasteiger charge is -2.10. The van der Waals surface area contributed by atoms with Gasteiger partial charge in [0.25, 0.3) is 0 Å². The van der Waals surface area contributed by atoms with Crippen molar-refractivity contribution >= 4 is 27.4 Å². The molecule has 2 rings (SSSR count). The lowest BCUT2D eigenvalue weighted by atomic mass is 10.2. The molecule has 0 spiro atoms. The Kier molecular flexibility index (Phi) is 3.63. The standard InChI is InChI=1S/C11H14BrN5/c1-8-9(13)7-15-11(10(8)12)14-4-6-17-5-2-3-16-17/h2-3,5,7H,4,6,13H2,1H3,(H,14,15). The number of aromatic nitrogens is 3. The first kappa shape index (κ1) is 11.9. The van der Waals surface area contributed by atoms with Gasteiger partial charge in [-0.2, -0.15) is 5.10 Å². The highest BCUT2D eigenvalue weighted by Crippen LogP contribution is 2.27. The molecule has 0 aliphatic heterocycles. The molecule has 0 saturated heterocycles. The molecular formula is C11H14BrN5. The second kappa shape index (κ2) is 5.18. The predicted molar refractivity (Wildman–Crippen MR) is 71.8 cm³/mol. The van der Waals surface area contributed by atoms with Crippen molar-refractivity contribution in [1.29, 1.82) is 0 Å². The number of pyridine rings is 1. The molecule has 2 aromatic heterocycles.